The lowest BCUT2D eigenvalue weighted by Gasteiger charge is -2.29. The Labute approximate surface area is 110 Å². The van der Waals surface area contributed by atoms with Crippen molar-refractivity contribution in [3.63, 3.8) is 0 Å². The molecule has 18 heavy (non-hydrogen) atoms. The van der Waals surface area contributed by atoms with Gasteiger partial charge in [0.15, 0.2) is 0 Å². The van der Waals surface area contributed by atoms with Crippen molar-refractivity contribution in [3.05, 3.63) is 24.0 Å². The van der Waals surface area contributed by atoms with E-state index in [1.807, 2.05) is 0 Å². The number of hydrogen-bond donors (Lipinski definition) is 1. The number of nitrogens with one attached hydrogen (secondary N) is 1. The molecule has 3 heteroatoms. The second kappa shape index (κ2) is 4.88. The molecule has 98 valence electrons. The van der Waals surface area contributed by atoms with Crippen LogP contribution >= 0.6 is 0 Å². The van der Waals surface area contributed by atoms with Crippen molar-refractivity contribution in [1.29, 1.82) is 0 Å². The Morgan fingerprint density at radius 1 is 1.44 bits per heavy atom. The van der Waals surface area contributed by atoms with Crippen molar-refractivity contribution >= 4 is 5.69 Å². The van der Waals surface area contributed by atoms with Crippen LogP contribution in [-0.2, 0) is 0 Å². The monoisotopic (exact) mass is 245 g/mol. The highest BCUT2D eigenvalue weighted by Gasteiger charge is 2.37. The number of piperidine rings is 1. The number of pyridine rings is 1. The Kier molecular flexibility index (Phi) is 3.25. The lowest BCUT2D eigenvalue weighted by Crippen LogP contribution is -2.32. The average Bonchev–Trinajstić information content (AvgIpc) is 3.01. The highest BCUT2D eigenvalue weighted by Crippen LogP contribution is 2.39. The zero-order valence-electron chi connectivity index (χ0n) is 11.4. The first-order chi connectivity index (χ1) is 8.78. The van der Waals surface area contributed by atoms with E-state index in [0.29, 0.717) is 6.04 Å². The van der Waals surface area contributed by atoms with Gasteiger partial charge in [0.1, 0.15) is 0 Å². The summed E-state index contributed by atoms with van der Waals surface area (Å²) in [5.41, 5.74) is 2.46. The molecule has 1 saturated heterocycles. The Bertz CT molecular complexity index is 401. The molecule has 0 radical (unpaired) electrons. The van der Waals surface area contributed by atoms with Crippen LogP contribution in [0.4, 0.5) is 5.69 Å². The van der Waals surface area contributed by atoms with E-state index in [-0.39, 0.29) is 0 Å². The van der Waals surface area contributed by atoms with Gasteiger partial charge in [-0.25, -0.2) is 0 Å². The first-order valence-corrected chi connectivity index (χ1v) is 7.24. The smallest absolute Gasteiger partial charge is 0.0572 e. The van der Waals surface area contributed by atoms with Gasteiger partial charge in [0.2, 0.25) is 0 Å². The number of rotatable bonds is 4. The zero-order chi connectivity index (χ0) is 12.5. The normalized spacial score (nSPS) is 27.8. The van der Waals surface area contributed by atoms with Crippen LogP contribution in [0.1, 0.15) is 44.8 Å². The molecule has 2 bridgehead atoms. The summed E-state index contributed by atoms with van der Waals surface area (Å²) in [7, 11) is 0. The van der Waals surface area contributed by atoms with Gasteiger partial charge >= 0.3 is 0 Å². The topological polar surface area (TPSA) is 28.2 Å². The van der Waals surface area contributed by atoms with Crippen LogP contribution in [0.5, 0.6) is 0 Å². The van der Waals surface area contributed by atoms with Gasteiger partial charge in [0, 0.05) is 18.6 Å². The molecule has 3 rings (SSSR count). The first-order valence-electron chi connectivity index (χ1n) is 7.24. The molecule has 3 nitrogen and oxygen atoms in total. The van der Waals surface area contributed by atoms with Crippen LogP contribution < -0.4 is 10.2 Å². The number of anilines is 1. The predicted molar refractivity (Wildman–Crippen MR) is 74.8 cm³/mol. The van der Waals surface area contributed by atoms with Crippen molar-refractivity contribution in [1.82, 2.24) is 10.3 Å². The SMILES string of the molecule is CCNC(C)c1ccc(N2CC3CCC2C3)cn1. The summed E-state index contributed by atoms with van der Waals surface area (Å²) in [5.74, 6) is 0.940. The first kappa shape index (κ1) is 12.0. The fraction of sp³-hybridized carbons (Fsp3) is 0.667. The van der Waals surface area contributed by atoms with Crippen LogP contribution in [0.15, 0.2) is 18.3 Å². The van der Waals surface area contributed by atoms with Gasteiger partial charge < -0.3 is 10.2 Å². The Morgan fingerprint density at radius 2 is 2.33 bits per heavy atom. The van der Waals surface area contributed by atoms with Gasteiger partial charge in [-0.3, -0.25) is 4.98 Å². The van der Waals surface area contributed by atoms with Crippen molar-refractivity contribution in [2.45, 2.75) is 45.2 Å². The minimum atomic E-state index is 0.346. The lowest BCUT2D eigenvalue weighted by molar-refractivity contribution is 0.552. The number of nitrogens with zero attached hydrogens (tertiary/aromatic N) is 2. The maximum atomic E-state index is 4.62. The van der Waals surface area contributed by atoms with Crippen molar-refractivity contribution in [2.24, 2.45) is 5.92 Å². The van der Waals surface area contributed by atoms with Gasteiger partial charge in [-0.05, 0) is 50.8 Å². The van der Waals surface area contributed by atoms with Gasteiger partial charge in [-0.1, -0.05) is 6.92 Å². The molecule has 1 aromatic rings. The standard InChI is InChI=1S/C15H23N3/c1-3-16-11(2)15-7-6-14(9-17-15)18-10-12-4-5-13(18)8-12/h6-7,9,11-13,16H,3-5,8,10H2,1-2H3. The Balaban J connectivity index is 1.71. The Morgan fingerprint density at radius 3 is 2.89 bits per heavy atom. The molecule has 3 atom stereocenters. The highest BCUT2D eigenvalue weighted by atomic mass is 15.2. The quantitative estimate of drug-likeness (QED) is 0.884. The third-order valence-electron chi connectivity index (χ3n) is 4.47. The molecule has 0 aromatic carbocycles. The van der Waals surface area contributed by atoms with E-state index in [1.165, 1.54) is 31.5 Å². The molecule has 2 fully saturated rings. The van der Waals surface area contributed by atoms with Gasteiger partial charge in [0.25, 0.3) is 0 Å². The molecule has 2 aliphatic rings. The lowest BCUT2D eigenvalue weighted by atomic mass is 10.1. The van der Waals surface area contributed by atoms with Crippen LogP contribution in [-0.4, -0.2) is 24.1 Å². The van der Waals surface area contributed by atoms with E-state index < -0.39 is 0 Å². The van der Waals surface area contributed by atoms with E-state index in [2.05, 4.69) is 47.4 Å². The molecular weight excluding hydrogens is 222 g/mol. The van der Waals surface area contributed by atoms with Crippen molar-refractivity contribution in [2.75, 3.05) is 18.0 Å². The fourth-order valence-electron chi connectivity index (χ4n) is 3.48. The zero-order valence-corrected chi connectivity index (χ0v) is 11.4. The largest absolute Gasteiger partial charge is 0.367 e. The molecule has 1 N–H and O–H groups in total. The van der Waals surface area contributed by atoms with E-state index in [4.69, 9.17) is 0 Å². The van der Waals surface area contributed by atoms with E-state index in [1.54, 1.807) is 0 Å². The highest BCUT2D eigenvalue weighted by molar-refractivity contribution is 5.48. The third-order valence-corrected chi connectivity index (χ3v) is 4.47. The van der Waals surface area contributed by atoms with E-state index in [9.17, 15) is 0 Å². The second-order valence-electron chi connectivity index (χ2n) is 5.71. The molecular formula is C15H23N3. The van der Waals surface area contributed by atoms with Crippen LogP contribution in [0.25, 0.3) is 0 Å². The van der Waals surface area contributed by atoms with E-state index in [0.717, 1.165) is 24.2 Å². The molecule has 3 unspecified atom stereocenters. The van der Waals surface area contributed by atoms with Crippen LogP contribution in [0, 0.1) is 5.92 Å². The molecule has 1 aliphatic carbocycles. The molecule has 1 aromatic heterocycles. The van der Waals surface area contributed by atoms with Gasteiger partial charge in [-0.15, -0.1) is 0 Å². The minimum Gasteiger partial charge on any atom is -0.367 e. The number of fused-ring (bicyclic) bond motifs is 2. The number of hydrogen-bond acceptors (Lipinski definition) is 3. The van der Waals surface area contributed by atoms with Gasteiger partial charge in [-0.2, -0.15) is 0 Å². The summed E-state index contributed by atoms with van der Waals surface area (Å²) in [5, 5.41) is 3.40. The third kappa shape index (κ3) is 2.12. The summed E-state index contributed by atoms with van der Waals surface area (Å²) < 4.78 is 0. The van der Waals surface area contributed by atoms with Crippen LogP contribution in [0.2, 0.25) is 0 Å². The van der Waals surface area contributed by atoms with Crippen molar-refractivity contribution in [3.8, 4) is 0 Å². The molecule has 0 amide bonds. The maximum absolute atomic E-state index is 4.62. The predicted octanol–water partition coefficient (Wildman–Crippen LogP) is 2.74. The summed E-state index contributed by atoms with van der Waals surface area (Å²) in [6.07, 6.45) is 6.27. The Hall–Kier alpha value is -1.09. The second-order valence-corrected chi connectivity index (χ2v) is 5.71. The van der Waals surface area contributed by atoms with Crippen molar-refractivity contribution < 1.29 is 0 Å². The van der Waals surface area contributed by atoms with Gasteiger partial charge in [0.05, 0.1) is 17.6 Å². The summed E-state index contributed by atoms with van der Waals surface area (Å²) in [6.45, 7) is 6.53. The summed E-state index contributed by atoms with van der Waals surface area (Å²) >= 11 is 0. The molecule has 2 heterocycles. The molecule has 0 spiro atoms. The van der Waals surface area contributed by atoms with Crippen LogP contribution in [0.3, 0.4) is 0 Å². The number of aromatic nitrogens is 1. The maximum Gasteiger partial charge on any atom is 0.0572 e. The molecule has 1 aliphatic heterocycles. The van der Waals surface area contributed by atoms with E-state index >= 15 is 0 Å². The minimum absolute atomic E-state index is 0.346. The fourth-order valence-corrected chi connectivity index (χ4v) is 3.48. The summed E-state index contributed by atoms with van der Waals surface area (Å²) in [4.78, 5) is 7.18. The average molecular weight is 245 g/mol. The summed E-state index contributed by atoms with van der Waals surface area (Å²) in [6, 6.07) is 5.55. The molecule has 1 saturated carbocycles.